The first-order valence-corrected chi connectivity index (χ1v) is 8.72. The van der Waals surface area contributed by atoms with Crippen LogP contribution in [0.4, 0.5) is 0 Å². The quantitative estimate of drug-likeness (QED) is 0.941. The van der Waals surface area contributed by atoms with E-state index in [4.69, 9.17) is 17.3 Å². The molecule has 1 aliphatic heterocycles. The first-order valence-electron chi connectivity index (χ1n) is 7.29. The van der Waals surface area contributed by atoms with Gasteiger partial charge < -0.3 is 5.73 Å². The van der Waals surface area contributed by atoms with E-state index in [1.165, 1.54) is 5.56 Å². The highest BCUT2D eigenvalue weighted by Gasteiger charge is 2.26. The van der Waals surface area contributed by atoms with E-state index >= 15 is 0 Å². The molecule has 0 saturated carbocycles. The van der Waals surface area contributed by atoms with Gasteiger partial charge in [-0.25, -0.2) is 0 Å². The number of nitrogens with two attached hydrogens (primary N) is 1. The van der Waals surface area contributed by atoms with Gasteiger partial charge in [-0.1, -0.05) is 24.6 Å². The Morgan fingerprint density at radius 1 is 1.48 bits per heavy atom. The molecular weight excluding hydrogens is 302 g/mol. The van der Waals surface area contributed by atoms with Crippen molar-refractivity contribution >= 4 is 34.3 Å². The lowest BCUT2D eigenvalue weighted by molar-refractivity contribution is 0.212. The minimum atomic E-state index is 0.211. The second-order valence-corrected chi connectivity index (χ2v) is 7.42. The second-order valence-electron chi connectivity index (χ2n) is 5.46. The zero-order valence-corrected chi connectivity index (χ0v) is 13.7. The van der Waals surface area contributed by atoms with Crippen molar-refractivity contribution in [2.45, 2.75) is 18.2 Å². The van der Waals surface area contributed by atoms with Crippen molar-refractivity contribution in [3.05, 3.63) is 41.0 Å². The van der Waals surface area contributed by atoms with Gasteiger partial charge in [-0.2, -0.15) is 11.8 Å². The molecule has 1 aromatic heterocycles. The van der Waals surface area contributed by atoms with Gasteiger partial charge in [-0.05, 0) is 23.8 Å². The maximum Gasteiger partial charge on any atom is 0.0765 e. The molecule has 3 rings (SSSR count). The van der Waals surface area contributed by atoms with Gasteiger partial charge in [0.2, 0.25) is 0 Å². The number of aromatic nitrogens is 1. The average Bonchev–Trinajstić information content (AvgIpc) is 2.51. The van der Waals surface area contributed by atoms with E-state index in [-0.39, 0.29) is 6.04 Å². The summed E-state index contributed by atoms with van der Waals surface area (Å²) in [6.45, 7) is 5.03. The van der Waals surface area contributed by atoms with Crippen LogP contribution in [-0.4, -0.2) is 40.5 Å². The zero-order chi connectivity index (χ0) is 14.8. The first-order chi connectivity index (χ1) is 10.2. The van der Waals surface area contributed by atoms with Crippen molar-refractivity contribution in [2.24, 2.45) is 5.73 Å². The summed E-state index contributed by atoms with van der Waals surface area (Å²) in [5.41, 5.74) is 8.27. The SMILES string of the molecule is CC1CN(C(CN)c2ccc(Cl)c3cccnc23)CCS1. The van der Waals surface area contributed by atoms with Crippen LogP contribution in [0.2, 0.25) is 5.02 Å². The van der Waals surface area contributed by atoms with Crippen LogP contribution in [0, 0.1) is 0 Å². The molecule has 3 nitrogen and oxygen atoms in total. The van der Waals surface area contributed by atoms with Crippen LogP contribution < -0.4 is 5.73 Å². The molecule has 112 valence electrons. The number of benzene rings is 1. The van der Waals surface area contributed by atoms with Gasteiger partial charge in [0.15, 0.2) is 0 Å². The fraction of sp³-hybridized carbons (Fsp3) is 0.438. The molecule has 0 aliphatic carbocycles. The Hall–Kier alpha value is -0.810. The number of fused-ring (bicyclic) bond motifs is 1. The lowest BCUT2D eigenvalue weighted by Gasteiger charge is -2.37. The lowest BCUT2D eigenvalue weighted by atomic mass is 10.0. The number of halogens is 1. The molecular formula is C16H20ClN3S. The predicted octanol–water partition coefficient (Wildman–Crippen LogP) is 3.33. The van der Waals surface area contributed by atoms with Crippen LogP contribution in [0.5, 0.6) is 0 Å². The second kappa shape index (κ2) is 6.53. The van der Waals surface area contributed by atoms with E-state index in [0.29, 0.717) is 11.8 Å². The van der Waals surface area contributed by atoms with E-state index in [0.717, 1.165) is 34.8 Å². The molecule has 5 heteroatoms. The Labute approximate surface area is 134 Å². The molecule has 0 radical (unpaired) electrons. The minimum absolute atomic E-state index is 0.211. The summed E-state index contributed by atoms with van der Waals surface area (Å²) in [6, 6.07) is 8.21. The Bertz CT molecular complexity index is 634. The molecule has 0 bridgehead atoms. The normalized spacial score (nSPS) is 21.6. The van der Waals surface area contributed by atoms with Gasteiger partial charge in [0.1, 0.15) is 0 Å². The number of hydrogen-bond donors (Lipinski definition) is 1. The maximum atomic E-state index is 6.30. The van der Waals surface area contributed by atoms with Gasteiger partial charge in [-0.15, -0.1) is 0 Å². The van der Waals surface area contributed by atoms with E-state index in [9.17, 15) is 0 Å². The molecule has 2 aromatic rings. The summed E-state index contributed by atoms with van der Waals surface area (Å²) in [5, 5.41) is 2.41. The van der Waals surface area contributed by atoms with Crippen molar-refractivity contribution in [3.8, 4) is 0 Å². The third kappa shape index (κ3) is 3.04. The number of rotatable bonds is 3. The topological polar surface area (TPSA) is 42.1 Å². The van der Waals surface area contributed by atoms with Crippen LogP contribution >= 0.6 is 23.4 Å². The Kier molecular flexibility index (Phi) is 4.69. The zero-order valence-electron chi connectivity index (χ0n) is 12.1. The molecule has 2 unspecified atom stereocenters. The van der Waals surface area contributed by atoms with Crippen molar-refractivity contribution in [2.75, 3.05) is 25.4 Å². The van der Waals surface area contributed by atoms with Crippen molar-refractivity contribution < 1.29 is 0 Å². The number of nitrogens with zero attached hydrogens (tertiary/aromatic N) is 2. The van der Waals surface area contributed by atoms with E-state index in [1.807, 2.05) is 36.2 Å². The van der Waals surface area contributed by atoms with Crippen LogP contribution in [-0.2, 0) is 0 Å². The molecule has 1 fully saturated rings. The smallest absolute Gasteiger partial charge is 0.0765 e. The van der Waals surface area contributed by atoms with E-state index in [2.05, 4.69) is 22.9 Å². The minimum Gasteiger partial charge on any atom is -0.329 e. The first kappa shape index (κ1) is 15.1. The summed E-state index contributed by atoms with van der Waals surface area (Å²) in [7, 11) is 0. The van der Waals surface area contributed by atoms with Crippen LogP contribution in [0.3, 0.4) is 0 Å². The van der Waals surface area contributed by atoms with Gasteiger partial charge in [-0.3, -0.25) is 9.88 Å². The molecule has 1 aliphatic rings. The maximum absolute atomic E-state index is 6.30. The molecule has 0 spiro atoms. The molecule has 2 heterocycles. The van der Waals surface area contributed by atoms with Crippen LogP contribution in [0.15, 0.2) is 30.5 Å². The number of hydrogen-bond acceptors (Lipinski definition) is 4. The fourth-order valence-corrected chi connectivity index (χ4v) is 4.28. The summed E-state index contributed by atoms with van der Waals surface area (Å²) in [4.78, 5) is 7.04. The largest absolute Gasteiger partial charge is 0.329 e. The Morgan fingerprint density at radius 3 is 3.10 bits per heavy atom. The van der Waals surface area contributed by atoms with Gasteiger partial charge in [0.05, 0.1) is 5.52 Å². The summed E-state index contributed by atoms with van der Waals surface area (Å²) >= 11 is 8.33. The van der Waals surface area contributed by atoms with E-state index in [1.54, 1.807) is 0 Å². The molecule has 21 heavy (non-hydrogen) atoms. The summed E-state index contributed by atoms with van der Waals surface area (Å²) < 4.78 is 0. The van der Waals surface area contributed by atoms with Crippen LogP contribution in [0.25, 0.3) is 10.9 Å². The highest BCUT2D eigenvalue weighted by atomic mass is 35.5. The van der Waals surface area contributed by atoms with Gasteiger partial charge in [0, 0.05) is 53.3 Å². The molecule has 0 amide bonds. The molecule has 2 N–H and O–H groups in total. The van der Waals surface area contributed by atoms with Gasteiger partial charge >= 0.3 is 0 Å². The lowest BCUT2D eigenvalue weighted by Crippen LogP contribution is -2.42. The van der Waals surface area contributed by atoms with Crippen LogP contribution in [0.1, 0.15) is 18.5 Å². The highest BCUT2D eigenvalue weighted by Crippen LogP contribution is 2.32. The van der Waals surface area contributed by atoms with Crippen molar-refractivity contribution in [3.63, 3.8) is 0 Å². The molecule has 2 atom stereocenters. The Morgan fingerprint density at radius 2 is 2.33 bits per heavy atom. The summed E-state index contributed by atoms with van der Waals surface area (Å²) in [5.74, 6) is 1.16. The molecule has 1 saturated heterocycles. The van der Waals surface area contributed by atoms with Gasteiger partial charge in [0.25, 0.3) is 0 Å². The third-order valence-corrected chi connectivity index (χ3v) is 5.51. The molecule has 1 aromatic carbocycles. The average molecular weight is 322 g/mol. The fourth-order valence-electron chi connectivity index (χ4n) is 3.03. The number of pyridine rings is 1. The monoisotopic (exact) mass is 321 g/mol. The van der Waals surface area contributed by atoms with E-state index < -0.39 is 0 Å². The van der Waals surface area contributed by atoms with Crippen molar-refractivity contribution in [1.82, 2.24) is 9.88 Å². The standard InChI is InChI=1S/C16H20ClN3S/c1-11-10-20(7-8-21-11)15(9-18)13-4-5-14(17)12-3-2-6-19-16(12)13/h2-6,11,15H,7-10,18H2,1H3. The highest BCUT2D eigenvalue weighted by molar-refractivity contribution is 7.99. The predicted molar refractivity (Wildman–Crippen MR) is 92.0 cm³/mol. The summed E-state index contributed by atoms with van der Waals surface area (Å²) in [6.07, 6.45) is 1.82. The number of thioether (sulfide) groups is 1. The Balaban J connectivity index is 2.03. The third-order valence-electron chi connectivity index (χ3n) is 4.04. The van der Waals surface area contributed by atoms with Crippen molar-refractivity contribution in [1.29, 1.82) is 0 Å².